The van der Waals surface area contributed by atoms with Crippen molar-refractivity contribution < 1.29 is 66.7 Å². The minimum absolute atomic E-state index is 0.0863. The summed E-state index contributed by atoms with van der Waals surface area (Å²) in [4.78, 5) is 76.2. The Hall–Kier alpha value is -4.61. The number of fused-ring (bicyclic) bond motifs is 3. The third-order valence-electron chi connectivity index (χ3n) is 8.39. The van der Waals surface area contributed by atoms with E-state index in [9.17, 15) is 28.8 Å². The third-order valence-corrected chi connectivity index (χ3v) is 8.71. The van der Waals surface area contributed by atoms with Gasteiger partial charge in [-0.15, -0.1) is 0 Å². The van der Waals surface area contributed by atoms with Crippen molar-refractivity contribution in [3.05, 3.63) is 72.3 Å². The fourth-order valence-corrected chi connectivity index (χ4v) is 6.32. The number of ether oxygens (including phenoxy) is 8. The van der Waals surface area contributed by atoms with Gasteiger partial charge < -0.3 is 48.5 Å². The van der Waals surface area contributed by atoms with Gasteiger partial charge in [-0.2, -0.15) is 0 Å². The summed E-state index contributed by atoms with van der Waals surface area (Å²) >= 11 is 17.2. The maximum absolute atomic E-state index is 13.4. The van der Waals surface area contributed by atoms with Gasteiger partial charge in [-0.25, -0.2) is 14.4 Å². The molecule has 16 nitrogen and oxygen atoms in total. The van der Waals surface area contributed by atoms with Crippen LogP contribution in [0.25, 0.3) is 11.1 Å². The number of rotatable bonds is 15. The summed E-state index contributed by atoms with van der Waals surface area (Å²) in [7, 11) is 0. The number of halogens is 3. The van der Waals surface area contributed by atoms with E-state index in [0.29, 0.717) is 0 Å². The third kappa shape index (κ3) is 12.2. The number of alkyl carbamates (subject to hydrolysis) is 2. The van der Waals surface area contributed by atoms with Crippen molar-refractivity contribution in [2.45, 2.75) is 80.2 Å². The highest BCUT2D eigenvalue weighted by molar-refractivity contribution is 6.67. The van der Waals surface area contributed by atoms with Gasteiger partial charge in [0.15, 0.2) is 24.5 Å². The lowest BCUT2D eigenvalue weighted by Crippen LogP contribution is -2.67. The quantitative estimate of drug-likeness (QED) is 0.109. The van der Waals surface area contributed by atoms with Gasteiger partial charge in [0.05, 0.1) is 6.10 Å². The molecule has 4 rings (SSSR count). The second kappa shape index (κ2) is 20.0. The zero-order valence-electron chi connectivity index (χ0n) is 30.7. The number of carbonyl (C=O) groups excluding carboxylic acids is 6. The number of alkyl halides is 3. The molecule has 1 saturated heterocycles. The summed E-state index contributed by atoms with van der Waals surface area (Å²) in [5, 5.41) is 4.88. The Labute approximate surface area is 337 Å². The van der Waals surface area contributed by atoms with Crippen LogP contribution in [0.4, 0.5) is 9.59 Å². The molecule has 2 N–H and O–H groups in total. The summed E-state index contributed by atoms with van der Waals surface area (Å²) in [6, 6.07) is 12.3. The molecule has 2 aromatic rings. The van der Waals surface area contributed by atoms with E-state index in [2.05, 4.69) is 17.2 Å². The van der Waals surface area contributed by atoms with E-state index in [-0.39, 0.29) is 19.1 Å². The zero-order chi connectivity index (χ0) is 41.2. The maximum Gasteiger partial charge on any atom is 0.407 e. The Morgan fingerprint density at radius 1 is 0.804 bits per heavy atom. The van der Waals surface area contributed by atoms with Gasteiger partial charge in [0.1, 0.15) is 38.6 Å². The summed E-state index contributed by atoms with van der Waals surface area (Å²) in [5.41, 5.74) is 3.93. The van der Waals surface area contributed by atoms with Gasteiger partial charge in [-0.3, -0.25) is 14.4 Å². The molecule has 2 amide bonds. The molecule has 304 valence electrons. The molecule has 19 heteroatoms. The number of amides is 2. The monoisotopic (exact) mass is 842 g/mol. The minimum atomic E-state index is -2.01. The molecule has 0 saturated carbocycles. The summed E-state index contributed by atoms with van der Waals surface area (Å²) in [6.45, 7) is 6.52. The minimum Gasteiger partial charge on any atom is -0.463 e. The predicted molar refractivity (Wildman–Crippen MR) is 199 cm³/mol. The number of hydrogen-bond acceptors (Lipinski definition) is 14. The molecule has 1 heterocycles. The Balaban J connectivity index is 1.62. The van der Waals surface area contributed by atoms with E-state index >= 15 is 0 Å². The highest BCUT2D eigenvalue weighted by atomic mass is 35.6. The van der Waals surface area contributed by atoms with Crippen LogP contribution in [0.15, 0.2) is 61.2 Å². The molecular formula is C37H41Cl3N2O14. The smallest absolute Gasteiger partial charge is 0.407 e. The number of esters is 4. The molecule has 7 atom stereocenters. The van der Waals surface area contributed by atoms with Gasteiger partial charge in [0, 0.05) is 26.7 Å². The van der Waals surface area contributed by atoms with Crippen LogP contribution in [-0.2, 0) is 57.1 Å². The second-order valence-corrected chi connectivity index (χ2v) is 15.1. The lowest BCUT2D eigenvalue weighted by atomic mass is 9.96. The van der Waals surface area contributed by atoms with E-state index in [1.807, 2.05) is 48.5 Å². The van der Waals surface area contributed by atoms with Crippen LogP contribution >= 0.6 is 34.8 Å². The van der Waals surface area contributed by atoms with Gasteiger partial charge in [-0.05, 0) is 29.2 Å². The van der Waals surface area contributed by atoms with Crippen molar-refractivity contribution in [1.82, 2.24) is 10.6 Å². The molecule has 0 bridgehead atoms. The topological polar surface area (TPSA) is 200 Å². The lowest BCUT2D eigenvalue weighted by Gasteiger charge is -2.45. The average Bonchev–Trinajstić information content (AvgIpc) is 3.45. The van der Waals surface area contributed by atoms with E-state index in [1.165, 1.54) is 13.0 Å². The first-order chi connectivity index (χ1) is 26.5. The maximum atomic E-state index is 13.4. The van der Waals surface area contributed by atoms with E-state index in [0.717, 1.165) is 43.0 Å². The van der Waals surface area contributed by atoms with E-state index in [4.69, 9.17) is 72.7 Å². The molecule has 56 heavy (non-hydrogen) atoms. The number of hydrogen-bond donors (Lipinski definition) is 2. The standard InChI is InChI=1S/C37H41Cl3N2O14/c1-6-15-49-33(46)29(41-35(47)51-16-27-25-13-9-7-11-23(25)24-12-8-10-14-26(24)27)19(2)53-34-30(42-36(48)52-18-37(38,39)40)32(55-22(5)45)31(54-21(4)44)28(56-34)17-50-20(3)43/h6-14,19,27-32,34H,1,15-18H2,2-5H3,(H,41,47)(H,42,48)/t19-,28-,29+,30-,31-,32-,34-/m1/s1. The Morgan fingerprint density at radius 3 is 1.95 bits per heavy atom. The van der Waals surface area contributed by atoms with Crippen LogP contribution in [0.1, 0.15) is 44.7 Å². The SMILES string of the molecule is C=CCOC(=O)[C@@H](NC(=O)OCC1c2ccccc2-c2ccccc21)[C@@H](C)O[C@@H]1O[C@H](COC(C)=O)[C@@H](OC(C)=O)[C@H](OC(C)=O)[C@H]1NC(=O)OCC(Cl)(Cl)Cl. The Kier molecular flexibility index (Phi) is 15.8. The Bertz CT molecular complexity index is 1730. The van der Waals surface area contributed by atoms with Crippen molar-refractivity contribution >= 4 is 70.9 Å². The first kappa shape index (κ1) is 44.1. The second-order valence-electron chi connectivity index (χ2n) is 12.6. The Morgan fingerprint density at radius 2 is 1.39 bits per heavy atom. The van der Waals surface area contributed by atoms with Crippen LogP contribution < -0.4 is 10.6 Å². The predicted octanol–water partition coefficient (Wildman–Crippen LogP) is 4.64. The summed E-state index contributed by atoms with van der Waals surface area (Å²) < 4.78 is 42.2. The summed E-state index contributed by atoms with van der Waals surface area (Å²) in [5.74, 6) is -3.76. The highest BCUT2D eigenvalue weighted by Crippen LogP contribution is 2.44. The molecule has 1 aliphatic heterocycles. The molecule has 1 aliphatic carbocycles. The van der Waals surface area contributed by atoms with Crippen molar-refractivity contribution in [3.8, 4) is 11.1 Å². The molecule has 0 spiro atoms. The largest absolute Gasteiger partial charge is 0.463 e. The molecule has 0 unspecified atom stereocenters. The van der Waals surface area contributed by atoms with Gasteiger partial charge in [0.25, 0.3) is 0 Å². The van der Waals surface area contributed by atoms with Gasteiger partial charge in [0.2, 0.25) is 3.79 Å². The van der Waals surface area contributed by atoms with Gasteiger partial charge in [-0.1, -0.05) is 96.0 Å². The van der Waals surface area contributed by atoms with E-state index in [1.54, 1.807) is 0 Å². The lowest BCUT2D eigenvalue weighted by molar-refractivity contribution is -0.287. The van der Waals surface area contributed by atoms with Crippen molar-refractivity contribution in [1.29, 1.82) is 0 Å². The molecule has 0 radical (unpaired) electrons. The van der Waals surface area contributed by atoms with Gasteiger partial charge >= 0.3 is 36.1 Å². The fraction of sp³-hybridized carbons (Fsp3) is 0.459. The van der Waals surface area contributed by atoms with Crippen LogP contribution in [0.2, 0.25) is 0 Å². The van der Waals surface area contributed by atoms with Crippen LogP contribution in [-0.4, -0.2) is 109 Å². The molecule has 2 aromatic carbocycles. The first-order valence-electron chi connectivity index (χ1n) is 17.2. The molecular weight excluding hydrogens is 803 g/mol. The first-order valence-corrected chi connectivity index (χ1v) is 18.3. The highest BCUT2D eigenvalue weighted by Gasteiger charge is 2.53. The molecule has 0 aromatic heterocycles. The van der Waals surface area contributed by atoms with E-state index < -0.39 is 95.9 Å². The van der Waals surface area contributed by atoms with Crippen molar-refractivity contribution in [2.24, 2.45) is 0 Å². The van der Waals surface area contributed by atoms with Crippen LogP contribution in [0.3, 0.4) is 0 Å². The normalized spacial score (nSPS) is 21.2. The van der Waals surface area contributed by atoms with Crippen molar-refractivity contribution in [2.75, 3.05) is 26.4 Å². The van der Waals surface area contributed by atoms with Crippen LogP contribution in [0, 0.1) is 0 Å². The van der Waals surface area contributed by atoms with Crippen molar-refractivity contribution in [3.63, 3.8) is 0 Å². The molecule has 1 fully saturated rings. The summed E-state index contributed by atoms with van der Waals surface area (Å²) in [6.07, 6.45) is -8.46. The molecule has 2 aliphatic rings. The average molecular weight is 844 g/mol. The number of benzene rings is 2. The van der Waals surface area contributed by atoms with Crippen LogP contribution in [0.5, 0.6) is 0 Å². The zero-order valence-corrected chi connectivity index (χ0v) is 33.0. The number of carbonyl (C=O) groups is 6. The fourth-order valence-electron chi connectivity index (χ4n) is 6.15. The number of nitrogens with one attached hydrogen (secondary N) is 2.